The summed E-state index contributed by atoms with van der Waals surface area (Å²) in [6.07, 6.45) is 5.22. The van der Waals surface area contributed by atoms with Gasteiger partial charge in [0.25, 0.3) is 0 Å². The van der Waals surface area contributed by atoms with Gasteiger partial charge in [0.2, 0.25) is 0 Å². The van der Waals surface area contributed by atoms with Crippen molar-refractivity contribution in [2.75, 3.05) is 0 Å². The van der Waals surface area contributed by atoms with Gasteiger partial charge in [-0.3, -0.25) is 0 Å². The summed E-state index contributed by atoms with van der Waals surface area (Å²) in [7, 11) is 0. The van der Waals surface area contributed by atoms with E-state index in [0.29, 0.717) is 6.61 Å². The zero-order valence-electron chi connectivity index (χ0n) is 12.0. The van der Waals surface area contributed by atoms with E-state index in [1.54, 1.807) is 0 Å². The molecule has 0 atom stereocenters. The van der Waals surface area contributed by atoms with Gasteiger partial charge in [-0.1, -0.05) is 42.5 Å². The molecule has 0 spiro atoms. The van der Waals surface area contributed by atoms with Crippen LogP contribution >= 0.6 is 0 Å². The molecule has 0 unspecified atom stereocenters. The van der Waals surface area contributed by atoms with Crippen LogP contribution in [-0.4, -0.2) is 4.57 Å². The Morgan fingerprint density at radius 3 is 2.14 bits per heavy atom. The molecule has 1 aromatic heterocycles. The summed E-state index contributed by atoms with van der Waals surface area (Å²) in [6, 6.07) is 22.7. The molecule has 2 aromatic carbocycles. The molecule has 21 heavy (non-hydrogen) atoms. The fraction of sp³-hybridized carbons (Fsp3) is 0.158. The van der Waals surface area contributed by atoms with Crippen molar-refractivity contribution in [3.8, 4) is 5.75 Å². The minimum atomic E-state index is 0.615. The lowest BCUT2D eigenvalue weighted by atomic mass is 10.1. The van der Waals surface area contributed by atoms with E-state index in [2.05, 4.69) is 53.4 Å². The van der Waals surface area contributed by atoms with E-state index >= 15 is 0 Å². The Balaban J connectivity index is 1.52. The van der Waals surface area contributed by atoms with Crippen LogP contribution in [0.4, 0.5) is 0 Å². The van der Waals surface area contributed by atoms with Crippen LogP contribution in [0.2, 0.25) is 0 Å². The first kappa shape index (κ1) is 13.5. The van der Waals surface area contributed by atoms with Gasteiger partial charge in [0.1, 0.15) is 12.4 Å². The highest BCUT2D eigenvalue weighted by Crippen LogP contribution is 2.15. The number of nitrogens with zero attached hydrogens (tertiary/aromatic N) is 1. The van der Waals surface area contributed by atoms with Gasteiger partial charge in [-0.25, -0.2) is 0 Å². The normalized spacial score (nSPS) is 10.5. The Morgan fingerprint density at radius 2 is 1.43 bits per heavy atom. The zero-order valence-corrected chi connectivity index (χ0v) is 12.0. The third kappa shape index (κ3) is 3.99. The fourth-order valence-electron chi connectivity index (χ4n) is 2.27. The number of rotatable bonds is 6. The highest BCUT2D eigenvalue weighted by atomic mass is 16.5. The number of ether oxygens (including phenoxy) is 1. The van der Waals surface area contributed by atoms with Gasteiger partial charge < -0.3 is 9.30 Å². The zero-order chi connectivity index (χ0) is 14.3. The summed E-state index contributed by atoms with van der Waals surface area (Å²) in [5.41, 5.74) is 2.52. The predicted octanol–water partition coefficient (Wildman–Crippen LogP) is 4.31. The minimum Gasteiger partial charge on any atom is -0.489 e. The Hall–Kier alpha value is -2.48. The molecule has 0 fully saturated rings. The first-order valence-corrected chi connectivity index (χ1v) is 7.26. The maximum atomic E-state index is 5.79. The maximum absolute atomic E-state index is 5.79. The molecule has 0 bridgehead atoms. The molecular weight excluding hydrogens is 258 g/mol. The molecule has 1 heterocycles. The topological polar surface area (TPSA) is 14.2 Å². The van der Waals surface area contributed by atoms with Crippen molar-refractivity contribution in [2.45, 2.75) is 19.6 Å². The van der Waals surface area contributed by atoms with Crippen molar-refractivity contribution in [2.24, 2.45) is 0 Å². The van der Waals surface area contributed by atoms with Gasteiger partial charge in [-0.15, -0.1) is 0 Å². The van der Waals surface area contributed by atoms with Crippen LogP contribution in [0.5, 0.6) is 5.75 Å². The summed E-state index contributed by atoms with van der Waals surface area (Å²) in [6.45, 7) is 1.63. The second-order valence-corrected chi connectivity index (χ2v) is 5.09. The van der Waals surface area contributed by atoms with Crippen LogP contribution in [-0.2, 0) is 19.6 Å². The first-order valence-electron chi connectivity index (χ1n) is 7.26. The third-order valence-corrected chi connectivity index (χ3v) is 3.50. The molecule has 0 saturated carbocycles. The van der Waals surface area contributed by atoms with Crippen molar-refractivity contribution in [3.05, 3.63) is 90.3 Å². The third-order valence-electron chi connectivity index (χ3n) is 3.50. The molecule has 0 amide bonds. The van der Waals surface area contributed by atoms with Crippen molar-refractivity contribution in [1.82, 2.24) is 4.57 Å². The molecule has 0 N–H and O–H groups in total. The van der Waals surface area contributed by atoms with Gasteiger partial charge in [-0.05, 0) is 41.8 Å². The lowest BCUT2D eigenvalue weighted by Crippen LogP contribution is -1.98. The van der Waals surface area contributed by atoms with Crippen molar-refractivity contribution in [3.63, 3.8) is 0 Å². The van der Waals surface area contributed by atoms with Crippen LogP contribution in [0.3, 0.4) is 0 Å². The highest BCUT2D eigenvalue weighted by Gasteiger charge is 1.98. The van der Waals surface area contributed by atoms with E-state index in [1.807, 2.05) is 30.3 Å². The Bertz CT molecular complexity index is 642. The summed E-state index contributed by atoms with van der Waals surface area (Å²) in [5.74, 6) is 0.920. The number of aryl methyl sites for hydroxylation is 2. The minimum absolute atomic E-state index is 0.615. The first-order chi connectivity index (χ1) is 10.4. The van der Waals surface area contributed by atoms with Crippen LogP contribution in [0.25, 0.3) is 0 Å². The molecule has 0 aliphatic carbocycles. The summed E-state index contributed by atoms with van der Waals surface area (Å²) >= 11 is 0. The molecular formula is C19H19NO. The molecule has 3 rings (SSSR count). The molecule has 0 saturated heterocycles. The Morgan fingerprint density at radius 1 is 0.714 bits per heavy atom. The van der Waals surface area contributed by atoms with E-state index in [-0.39, 0.29) is 0 Å². The smallest absolute Gasteiger partial charge is 0.119 e. The van der Waals surface area contributed by atoms with Crippen LogP contribution in [0.1, 0.15) is 11.1 Å². The second-order valence-electron chi connectivity index (χ2n) is 5.09. The van der Waals surface area contributed by atoms with Gasteiger partial charge in [0.05, 0.1) is 0 Å². The Labute approximate surface area is 125 Å². The molecule has 2 heteroatoms. The van der Waals surface area contributed by atoms with Crippen molar-refractivity contribution >= 4 is 0 Å². The molecule has 3 aromatic rings. The van der Waals surface area contributed by atoms with Crippen LogP contribution < -0.4 is 4.74 Å². The number of hydrogen-bond donors (Lipinski definition) is 0. The summed E-state index contributed by atoms with van der Waals surface area (Å²) in [5, 5.41) is 0. The summed E-state index contributed by atoms with van der Waals surface area (Å²) in [4.78, 5) is 0. The van der Waals surface area contributed by atoms with E-state index in [9.17, 15) is 0 Å². The van der Waals surface area contributed by atoms with Gasteiger partial charge in [-0.2, -0.15) is 0 Å². The molecule has 0 radical (unpaired) electrons. The molecule has 2 nitrogen and oxygen atoms in total. The van der Waals surface area contributed by atoms with Crippen LogP contribution in [0.15, 0.2) is 79.1 Å². The SMILES string of the molecule is c1ccc(COc2ccc(CCn3cccc3)cc2)cc1. The second kappa shape index (κ2) is 6.80. The van der Waals surface area contributed by atoms with Crippen molar-refractivity contribution < 1.29 is 4.74 Å². The standard InChI is InChI=1S/C19H19NO/c1-2-6-18(7-3-1)16-21-19-10-8-17(9-11-19)12-15-20-13-4-5-14-20/h1-11,13-14H,12,15-16H2. The predicted molar refractivity (Wildman–Crippen MR) is 85.4 cm³/mol. The van der Waals surface area contributed by atoms with Gasteiger partial charge in [0, 0.05) is 18.9 Å². The molecule has 0 aliphatic heterocycles. The maximum Gasteiger partial charge on any atom is 0.119 e. The average molecular weight is 277 g/mol. The lowest BCUT2D eigenvalue weighted by Gasteiger charge is -2.08. The van der Waals surface area contributed by atoms with E-state index < -0.39 is 0 Å². The van der Waals surface area contributed by atoms with Crippen LogP contribution in [0, 0.1) is 0 Å². The van der Waals surface area contributed by atoms with E-state index in [4.69, 9.17) is 4.74 Å². The molecule has 106 valence electrons. The van der Waals surface area contributed by atoms with E-state index in [1.165, 1.54) is 11.1 Å². The largest absolute Gasteiger partial charge is 0.489 e. The van der Waals surface area contributed by atoms with E-state index in [0.717, 1.165) is 18.7 Å². The average Bonchev–Trinajstić information content (AvgIpc) is 3.06. The lowest BCUT2D eigenvalue weighted by molar-refractivity contribution is 0.306. The summed E-state index contributed by atoms with van der Waals surface area (Å²) < 4.78 is 7.99. The number of benzene rings is 2. The fourth-order valence-corrected chi connectivity index (χ4v) is 2.27. The van der Waals surface area contributed by atoms with Gasteiger partial charge in [0.15, 0.2) is 0 Å². The van der Waals surface area contributed by atoms with Gasteiger partial charge >= 0.3 is 0 Å². The highest BCUT2D eigenvalue weighted by molar-refractivity contribution is 5.28. The number of aromatic nitrogens is 1. The monoisotopic (exact) mass is 277 g/mol. The Kier molecular flexibility index (Phi) is 4.37. The van der Waals surface area contributed by atoms with Crippen molar-refractivity contribution in [1.29, 1.82) is 0 Å². The molecule has 0 aliphatic rings. The quantitative estimate of drug-likeness (QED) is 0.655. The number of hydrogen-bond acceptors (Lipinski definition) is 1.